The third kappa shape index (κ3) is 5.26. The van der Waals surface area contributed by atoms with Crippen LogP contribution < -0.4 is 5.32 Å². The highest BCUT2D eigenvalue weighted by Gasteiger charge is 2.30. The first-order chi connectivity index (χ1) is 15.8. The van der Waals surface area contributed by atoms with Crippen molar-refractivity contribution in [3.8, 4) is 0 Å². The summed E-state index contributed by atoms with van der Waals surface area (Å²) in [7, 11) is -7.06. The van der Waals surface area contributed by atoms with Gasteiger partial charge in [-0.25, -0.2) is 16.8 Å². The van der Waals surface area contributed by atoms with E-state index >= 15 is 0 Å². The van der Waals surface area contributed by atoms with E-state index in [1.807, 2.05) is 0 Å². The number of nitrogens with zero attached hydrogens (tertiary/aromatic N) is 3. The fraction of sp³-hybridized carbons (Fsp3) is 0.455. The lowest BCUT2D eigenvalue weighted by atomic mass is 9.98. The Morgan fingerprint density at radius 3 is 2.09 bits per heavy atom. The van der Waals surface area contributed by atoms with Crippen LogP contribution in [0.5, 0.6) is 0 Å². The van der Waals surface area contributed by atoms with Gasteiger partial charge in [-0.2, -0.15) is 8.61 Å². The SMILES string of the molecule is O=C(NCC1CCN(S(=O)(=O)c2cccnc2)CC1)c1ccc(S(=O)(=O)N2CCCC2)cc1. The maximum absolute atomic E-state index is 12.7. The Balaban J connectivity index is 1.28. The van der Waals surface area contributed by atoms with Gasteiger partial charge in [0.15, 0.2) is 0 Å². The summed E-state index contributed by atoms with van der Waals surface area (Å²) in [6.07, 6.45) is 5.92. The van der Waals surface area contributed by atoms with Gasteiger partial charge in [0.25, 0.3) is 5.91 Å². The molecule has 2 fully saturated rings. The van der Waals surface area contributed by atoms with Crippen molar-refractivity contribution < 1.29 is 21.6 Å². The van der Waals surface area contributed by atoms with Gasteiger partial charge in [-0.15, -0.1) is 0 Å². The lowest BCUT2D eigenvalue weighted by Gasteiger charge is -2.31. The first kappa shape index (κ1) is 23.8. The van der Waals surface area contributed by atoms with E-state index in [4.69, 9.17) is 0 Å². The van der Waals surface area contributed by atoms with E-state index in [1.54, 1.807) is 6.07 Å². The van der Waals surface area contributed by atoms with Crippen LogP contribution in [0.15, 0.2) is 58.6 Å². The molecule has 11 heteroatoms. The number of carbonyl (C=O) groups excluding carboxylic acids is 1. The van der Waals surface area contributed by atoms with Gasteiger partial charge in [0, 0.05) is 50.7 Å². The van der Waals surface area contributed by atoms with Gasteiger partial charge in [0.2, 0.25) is 20.0 Å². The van der Waals surface area contributed by atoms with Gasteiger partial charge in [0.1, 0.15) is 4.90 Å². The van der Waals surface area contributed by atoms with Crippen molar-refractivity contribution in [2.75, 3.05) is 32.7 Å². The van der Waals surface area contributed by atoms with Crippen LogP contribution >= 0.6 is 0 Å². The molecule has 1 N–H and O–H groups in total. The fourth-order valence-corrected chi connectivity index (χ4v) is 7.15. The number of benzene rings is 1. The molecule has 0 bridgehead atoms. The smallest absolute Gasteiger partial charge is 0.251 e. The van der Waals surface area contributed by atoms with Gasteiger partial charge in [-0.05, 0) is 68.0 Å². The van der Waals surface area contributed by atoms with Crippen molar-refractivity contribution in [1.82, 2.24) is 18.9 Å². The minimum atomic E-state index is -3.55. The highest BCUT2D eigenvalue weighted by atomic mass is 32.2. The number of nitrogens with one attached hydrogen (secondary N) is 1. The van der Waals surface area contributed by atoms with Gasteiger partial charge in [-0.3, -0.25) is 9.78 Å². The number of sulfonamides is 2. The number of amides is 1. The number of aromatic nitrogens is 1. The molecule has 0 radical (unpaired) electrons. The predicted octanol–water partition coefficient (Wildman–Crippen LogP) is 1.70. The Morgan fingerprint density at radius 1 is 0.879 bits per heavy atom. The quantitative estimate of drug-likeness (QED) is 0.629. The standard InChI is InChI=1S/C22H28N4O5S2/c27-22(19-5-7-20(8-6-19)32(28,29)25-12-1-2-13-25)24-16-18-9-14-26(15-10-18)33(30,31)21-4-3-11-23-17-21/h3-8,11,17-18H,1-2,9-10,12-16H2,(H,24,27). The van der Waals surface area contributed by atoms with Crippen LogP contribution in [0, 0.1) is 5.92 Å². The summed E-state index contributed by atoms with van der Waals surface area (Å²) in [5.41, 5.74) is 0.395. The number of rotatable bonds is 7. The zero-order valence-electron chi connectivity index (χ0n) is 18.3. The molecular formula is C22H28N4O5S2. The average Bonchev–Trinajstić information content (AvgIpc) is 3.39. The summed E-state index contributed by atoms with van der Waals surface area (Å²) in [6.45, 7) is 2.29. The van der Waals surface area contributed by atoms with Crippen molar-refractivity contribution in [1.29, 1.82) is 0 Å². The molecule has 1 aromatic heterocycles. The van der Waals surface area contributed by atoms with Crippen LogP contribution in [0.3, 0.4) is 0 Å². The molecular weight excluding hydrogens is 464 g/mol. The second kappa shape index (κ2) is 9.88. The molecule has 4 rings (SSSR count). The summed E-state index contributed by atoms with van der Waals surface area (Å²) in [5.74, 6) is -0.102. The number of hydrogen-bond acceptors (Lipinski definition) is 6. The van der Waals surface area contributed by atoms with Crippen molar-refractivity contribution in [2.24, 2.45) is 5.92 Å². The van der Waals surface area contributed by atoms with E-state index < -0.39 is 20.0 Å². The lowest BCUT2D eigenvalue weighted by Crippen LogP contribution is -2.41. The molecule has 2 aliphatic rings. The normalized spacial score (nSPS) is 18.9. The van der Waals surface area contributed by atoms with E-state index in [2.05, 4.69) is 10.3 Å². The van der Waals surface area contributed by atoms with E-state index in [-0.39, 0.29) is 21.6 Å². The van der Waals surface area contributed by atoms with Crippen LogP contribution in [0.2, 0.25) is 0 Å². The van der Waals surface area contributed by atoms with Crippen LogP contribution in [-0.2, 0) is 20.0 Å². The molecule has 0 spiro atoms. The van der Waals surface area contributed by atoms with Gasteiger partial charge in [-0.1, -0.05) is 0 Å². The number of hydrogen-bond donors (Lipinski definition) is 1. The molecule has 33 heavy (non-hydrogen) atoms. The maximum Gasteiger partial charge on any atom is 0.251 e. The van der Waals surface area contributed by atoms with Crippen molar-refractivity contribution in [3.63, 3.8) is 0 Å². The van der Waals surface area contributed by atoms with Crippen LogP contribution in [0.25, 0.3) is 0 Å². The topological polar surface area (TPSA) is 117 Å². The van der Waals surface area contributed by atoms with E-state index in [0.29, 0.717) is 51.1 Å². The summed E-state index contributed by atoms with van der Waals surface area (Å²) in [4.78, 5) is 16.8. The summed E-state index contributed by atoms with van der Waals surface area (Å²) in [5, 5.41) is 2.89. The molecule has 0 aliphatic carbocycles. The van der Waals surface area contributed by atoms with Crippen molar-refractivity contribution in [3.05, 3.63) is 54.4 Å². The van der Waals surface area contributed by atoms with Gasteiger partial charge >= 0.3 is 0 Å². The molecule has 0 atom stereocenters. The zero-order chi connectivity index (χ0) is 23.5. The molecule has 1 amide bonds. The fourth-order valence-electron chi connectivity index (χ4n) is 4.20. The third-order valence-electron chi connectivity index (χ3n) is 6.22. The van der Waals surface area contributed by atoms with E-state index in [1.165, 1.54) is 51.3 Å². The largest absolute Gasteiger partial charge is 0.352 e. The molecule has 2 aliphatic heterocycles. The molecule has 2 aromatic rings. The summed E-state index contributed by atoms with van der Waals surface area (Å²) < 4.78 is 53.6. The Hall–Kier alpha value is -2.34. The molecule has 2 saturated heterocycles. The maximum atomic E-state index is 12.7. The van der Waals surface area contributed by atoms with Crippen LogP contribution in [0.4, 0.5) is 0 Å². The second-order valence-electron chi connectivity index (χ2n) is 8.38. The number of pyridine rings is 1. The second-order valence-corrected chi connectivity index (χ2v) is 12.3. The molecule has 178 valence electrons. The molecule has 0 saturated carbocycles. The molecule has 3 heterocycles. The third-order valence-corrected chi connectivity index (χ3v) is 10.0. The summed E-state index contributed by atoms with van der Waals surface area (Å²) >= 11 is 0. The molecule has 9 nitrogen and oxygen atoms in total. The Labute approximate surface area is 194 Å². The number of carbonyl (C=O) groups is 1. The van der Waals surface area contributed by atoms with Gasteiger partial charge in [0.05, 0.1) is 4.90 Å². The van der Waals surface area contributed by atoms with Crippen molar-refractivity contribution >= 4 is 26.0 Å². The first-order valence-corrected chi connectivity index (χ1v) is 13.9. The highest BCUT2D eigenvalue weighted by molar-refractivity contribution is 7.89. The van der Waals surface area contributed by atoms with E-state index in [9.17, 15) is 21.6 Å². The Kier molecular flexibility index (Phi) is 7.13. The van der Waals surface area contributed by atoms with Crippen molar-refractivity contribution in [2.45, 2.75) is 35.5 Å². The monoisotopic (exact) mass is 492 g/mol. The minimum Gasteiger partial charge on any atom is -0.352 e. The lowest BCUT2D eigenvalue weighted by molar-refractivity contribution is 0.0941. The van der Waals surface area contributed by atoms with Gasteiger partial charge < -0.3 is 5.32 Å². The highest BCUT2D eigenvalue weighted by Crippen LogP contribution is 2.24. The first-order valence-electron chi connectivity index (χ1n) is 11.1. The molecule has 0 unspecified atom stereocenters. The zero-order valence-corrected chi connectivity index (χ0v) is 19.9. The Bertz CT molecular complexity index is 1170. The van der Waals surface area contributed by atoms with Crippen LogP contribution in [0.1, 0.15) is 36.0 Å². The molecule has 1 aromatic carbocycles. The van der Waals surface area contributed by atoms with Crippen LogP contribution in [-0.4, -0.2) is 69.1 Å². The Morgan fingerprint density at radius 2 is 1.48 bits per heavy atom. The predicted molar refractivity (Wildman–Crippen MR) is 122 cm³/mol. The average molecular weight is 493 g/mol. The number of piperidine rings is 1. The van der Waals surface area contributed by atoms with E-state index in [0.717, 1.165) is 12.8 Å². The summed E-state index contributed by atoms with van der Waals surface area (Å²) in [6, 6.07) is 9.15. The minimum absolute atomic E-state index is 0.170.